The van der Waals surface area contributed by atoms with Crippen molar-refractivity contribution >= 4 is 0 Å². The standard InChI is InChI=1S/C13H15NO2/c1-9(2)13-8-12(14-16-13)10-4-6-11(15-3)7-5-10/h4-9H,1-3H3. The lowest BCUT2D eigenvalue weighted by Gasteiger charge is -1.99. The molecule has 0 aliphatic carbocycles. The van der Waals surface area contributed by atoms with Gasteiger partial charge >= 0.3 is 0 Å². The van der Waals surface area contributed by atoms with Gasteiger partial charge in [-0.1, -0.05) is 19.0 Å². The Labute approximate surface area is 95.0 Å². The number of methoxy groups -OCH3 is 1. The third-order valence-corrected chi connectivity index (χ3v) is 2.48. The normalized spacial score (nSPS) is 10.8. The van der Waals surface area contributed by atoms with Crippen molar-refractivity contribution in [3.63, 3.8) is 0 Å². The molecule has 1 aromatic carbocycles. The van der Waals surface area contributed by atoms with Crippen LogP contribution in [0.15, 0.2) is 34.9 Å². The Morgan fingerprint density at radius 3 is 2.38 bits per heavy atom. The Bertz CT molecular complexity index is 457. The number of hydrogen-bond donors (Lipinski definition) is 0. The van der Waals surface area contributed by atoms with Crippen LogP contribution >= 0.6 is 0 Å². The van der Waals surface area contributed by atoms with Gasteiger partial charge in [0.2, 0.25) is 0 Å². The van der Waals surface area contributed by atoms with E-state index in [4.69, 9.17) is 9.26 Å². The van der Waals surface area contributed by atoms with Crippen LogP contribution in [0.2, 0.25) is 0 Å². The molecule has 0 saturated heterocycles. The fourth-order valence-corrected chi connectivity index (χ4v) is 1.46. The van der Waals surface area contributed by atoms with E-state index >= 15 is 0 Å². The molecule has 0 atom stereocenters. The van der Waals surface area contributed by atoms with E-state index < -0.39 is 0 Å². The van der Waals surface area contributed by atoms with E-state index in [1.54, 1.807) is 7.11 Å². The molecule has 84 valence electrons. The zero-order valence-electron chi connectivity index (χ0n) is 9.73. The Kier molecular flexibility index (Phi) is 2.95. The van der Waals surface area contributed by atoms with E-state index in [2.05, 4.69) is 19.0 Å². The minimum absolute atomic E-state index is 0.361. The largest absolute Gasteiger partial charge is 0.497 e. The molecule has 0 aliphatic rings. The number of ether oxygens (including phenoxy) is 1. The maximum absolute atomic E-state index is 5.26. The molecule has 0 bridgehead atoms. The van der Waals surface area contributed by atoms with Crippen molar-refractivity contribution in [1.82, 2.24) is 5.16 Å². The third-order valence-electron chi connectivity index (χ3n) is 2.48. The van der Waals surface area contributed by atoms with Gasteiger partial charge in [-0.3, -0.25) is 0 Å². The number of hydrogen-bond acceptors (Lipinski definition) is 3. The Hall–Kier alpha value is -1.77. The van der Waals surface area contributed by atoms with Crippen molar-refractivity contribution < 1.29 is 9.26 Å². The van der Waals surface area contributed by atoms with Gasteiger partial charge in [0.15, 0.2) is 0 Å². The van der Waals surface area contributed by atoms with Gasteiger partial charge in [0, 0.05) is 17.5 Å². The summed E-state index contributed by atoms with van der Waals surface area (Å²) in [7, 11) is 1.65. The quantitative estimate of drug-likeness (QED) is 0.789. The van der Waals surface area contributed by atoms with Gasteiger partial charge in [-0.2, -0.15) is 0 Å². The van der Waals surface area contributed by atoms with Gasteiger partial charge in [0.1, 0.15) is 17.2 Å². The molecular formula is C13H15NO2. The van der Waals surface area contributed by atoms with E-state index in [-0.39, 0.29) is 0 Å². The number of aromatic nitrogens is 1. The highest BCUT2D eigenvalue weighted by Gasteiger charge is 2.09. The van der Waals surface area contributed by atoms with Gasteiger partial charge in [-0.05, 0) is 24.3 Å². The van der Waals surface area contributed by atoms with Crippen molar-refractivity contribution in [2.75, 3.05) is 7.11 Å². The maximum atomic E-state index is 5.26. The van der Waals surface area contributed by atoms with Crippen LogP contribution in [-0.4, -0.2) is 12.3 Å². The second-order valence-corrected chi connectivity index (χ2v) is 4.00. The summed E-state index contributed by atoms with van der Waals surface area (Å²) in [5.41, 5.74) is 1.91. The van der Waals surface area contributed by atoms with Crippen LogP contribution in [-0.2, 0) is 0 Å². The predicted molar refractivity (Wildman–Crippen MR) is 62.6 cm³/mol. The molecular weight excluding hydrogens is 202 g/mol. The topological polar surface area (TPSA) is 35.3 Å². The maximum Gasteiger partial charge on any atom is 0.139 e. The average molecular weight is 217 g/mol. The summed E-state index contributed by atoms with van der Waals surface area (Å²) in [6.07, 6.45) is 0. The molecule has 3 nitrogen and oxygen atoms in total. The first-order valence-corrected chi connectivity index (χ1v) is 5.31. The Morgan fingerprint density at radius 1 is 1.19 bits per heavy atom. The van der Waals surface area contributed by atoms with E-state index in [0.29, 0.717) is 5.92 Å². The van der Waals surface area contributed by atoms with Crippen molar-refractivity contribution in [2.45, 2.75) is 19.8 Å². The first-order valence-electron chi connectivity index (χ1n) is 5.31. The first-order chi connectivity index (χ1) is 7.70. The molecule has 0 unspecified atom stereocenters. The van der Waals surface area contributed by atoms with Crippen molar-refractivity contribution in [1.29, 1.82) is 0 Å². The molecule has 0 amide bonds. The van der Waals surface area contributed by atoms with Crippen molar-refractivity contribution in [2.24, 2.45) is 0 Å². The summed E-state index contributed by atoms with van der Waals surface area (Å²) in [5.74, 6) is 2.11. The minimum Gasteiger partial charge on any atom is -0.497 e. The van der Waals surface area contributed by atoms with E-state index in [0.717, 1.165) is 22.8 Å². The SMILES string of the molecule is COc1ccc(-c2cc(C(C)C)on2)cc1. The van der Waals surface area contributed by atoms with Crippen molar-refractivity contribution in [3.05, 3.63) is 36.1 Å². The molecule has 1 heterocycles. The average Bonchev–Trinajstić information content (AvgIpc) is 2.78. The molecule has 1 aromatic heterocycles. The summed E-state index contributed by atoms with van der Waals surface area (Å²) in [6, 6.07) is 9.76. The zero-order chi connectivity index (χ0) is 11.5. The van der Waals surface area contributed by atoms with E-state index in [9.17, 15) is 0 Å². The molecule has 0 saturated carbocycles. The van der Waals surface area contributed by atoms with Gasteiger partial charge in [-0.15, -0.1) is 0 Å². The lowest BCUT2D eigenvalue weighted by molar-refractivity contribution is 0.373. The second kappa shape index (κ2) is 4.39. The Morgan fingerprint density at radius 2 is 1.88 bits per heavy atom. The van der Waals surface area contributed by atoms with Gasteiger partial charge in [0.05, 0.1) is 7.11 Å². The highest BCUT2D eigenvalue weighted by Crippen LogP contribution is 2.24. The van der Waals surface area contributed by atoms with Gasteiger partial charge < -0.3 is 9.26 Å². The minimum atomic E-state index is 0.361. The smallest absolute Gasteiger partial charge is 0.139 e. The predicted octanol–water partition coefficient (Wildman–Crippen LogP) is 3.47. The fourth-order valence-electron chi connectivity index (χ4n) is 1.46. The molecule has 2 aromatic rings. The monoisotopic (exact) mass is 217 g/mol. The van der Waals surface area contributed by atoms with Crippen LogP contribution in [0, 0.1) is 0 Å². The number of benzene rings is 1. The molecule has 16 heavy (non-hydrogen) atoms. The van der Waals surface area contributed by atoms with Crippen LogP contribution in [0.4, 0.5) is 0 Å². The molecule has 0 fully saturated rings. The highest BCUT2D eigenvalue weighted by atomic mass is 16.5. The lowest BCUT2D eigenvalue weighted by Crippen LogP contribution is -1.82. The summed E-state index contributed by atoms with van der Waals surface area (Å²) < 4.78 is 10.4. The molecule has 0 spiro atoms. The van der Waals surface area contributed by atoms with Crippen LogP contribution < -0.4 is 4.74 Å². The lowest BCUT2D eigenvalue weighted by atomic mass is 10.1. The second-order valence-electron chi connectivity index (χ2n) is 4.00. The van der Waals surface area contributed by atoms with Crippen LogP contribution in [0.25, 0.3) is 11.3 Å². The molecule has 0 radical (unpaired) electrons. The summed E-state index contributed by atoms with van der Waals surface area (Å²) in [6.45, 7) is 4.16. The van der Waals surface area contributed by atoms with E-state index in [1.165, 1.54) is 0 Å². The van der Waals surface area contributed by atoms with Crippen LogP contribution in [0.5, 0.6) is 5.75 Å². The van der Waals surface area contributed by atoms with Gasteiger partial charge in [-0.25, -0.2) is 0 Å². The molecule has 0 N–H and O–H groups in total. The first kappa shape index (κ1) is 10.7. The molecule has 0 aliphatic heterocycles. The third kappa shape index (κ3) is 2.08. The molecule has 3 heteroatoms. The highest BCUT2D eigenvalue weighted by molar-refractivity contribution is 5.59. The molecule has 2 rings (SSSR count). The zero-order valence-corrected chi connectivity index (χ0v) is 9.73. The number of rotatable bonds is 3. The fraction of sp³-hybridized carbons (Fsp3) is 0.308. The van der Waals surface area contributed by atoms with E-state index in [1.807, 2.05) is 30.3 Å². The van der Waals surface area contributed by atoms with Crippen LogP contribution in [0.1, 0.15) is 25.5 Å². The van der Waals surface area contributed by atoms with Gasteiger partial charge in [0.25, 0.3) is 0 Å². The summed E-state index contributed by atoms with van der Waals surface area (Å²) in [5, 5.41) is 4.05. The summed E-state index contributed by atoms with van der Waals surface area (Å²) >= 11 is 0. The van der Waals surface area contributed by atoms with Crippen molar-refractivity contribution in [3.8, 4) is 17.0 Å². The van der Waals surface area contributed by atoms with Crippen LogP contribution in [0.3, 0.4) is 0 Å². The Balaban J connectivity index is 2.28. The summed E-state index contributed by atoms with van der Waals surface area (Å²) in [4.78, 5) is 0. The number of nitrogens with zero attached hydrogens (tertiary/aromatic N) is 1.